The van der Waals surface area contributed by atoms with Crippen molar-refractivity contribution < 1.29 is 17.7 Å². The average Bonchev–Trinajstić information content (AvgIpc) is 3.17. The fourth-order valence-corrected chi connectivity index (χ4v) is 5.56. The first-order valence-electron chi connectivity index (χ1n) is 9.75. The molecule has 0 saturated carbocycles. The van der Waals surface area contributed by atoms with Gasteiger partial charge < -0.3 is 9.26 Å². The second-order valence-corrected chi connectivity index (χ2v) is 9.34. The van der Waals surface area contributed by atoms with E-state index in [1.807, 2.05) is 31.2 Å². The van der Waals surface area contributed by atoms with Crippen LogP contribution in [0, 0.1) is 12.8 Å². The fourth-order valence-electron chi connectivity index (χ4n) is 3.86. The molecule has 0 amide bonds. The number of hydrogen-bond acceptors (Lipinski definition) is 6. The zero-order valence-electron chi connectivity index (χ0n) is 16.1. The van der Waals surface area contributed by atoms with E-state index in [-0.39, 0.29) is 5.92 Å². The van der Waals surface area contributed by atoms with Gasteiger partial charge in [0.05, 0.1) is 13.2 Å². The number of morpholine rings is 1. The molecule has 2 aliphatic rings. The first-order chi connectivity index (χ1) is 13.5. The molecule has 2 aliphatic heterocycles. The summed E-state index contributed by atoms with van der Waals surface area (Å²) in [6.45, 7) is 4.83. The van der Waals surface area contributed by atoms with Gasteiger partial charge in [0.2, 0.25) is 11.7 Å². The van der Waals surface area contributed by atoms with Gasteiger partial charge in [-0.05, 0) is 31.2 Å². The zero-order valence-corrected chi connectivity index (χ0v) is 16.9. The summed E-state index contributed by atoms with van der Waals surface area (Å²) in [7, 11) is -3.43. The second kappa shape index (κ2) is 8.28. The molecular weight excluding hydrogens is 380 g/mol. The predicted molar refractivity (Wildman–Crippen MR) is 104 cm³/mol. The topological polar surface area (TPSA) is 88.8 Å². The van der Waals surface area contributed by atoms with Crippen LogP contribution in [0.5, 0.6) is 0 Å². The molecule has 0 radical (unpaired) electrons. The Hall–Kier alpha value is -1.81. The third kappa shape index (κ3) is 4.12. The van der Waals surface area contributed by atoms with Crippen molar-refractivity contribution in [3.8, 4) is 11.4 Å². The normalized spacial score (nSPS) is 22.4. The first kappa shape index (κ1) is 19.5. The van der Waals surface area contributed by atoms with E-state index >= 15 is 0 Å². The summed E-state index contributed by atoms with van der Waals surface area (Å²) in [6.07, 6.45) is 2.39. The van der Waals surface area contributed by atoms with Gasteiger partial charge in [-0.2, -0.15) is 22.0 Å². The molecule has 2 saturated heterocycles. The molecule has 152 valence electrons. The van der Waals surface area contributed by atoms with Crippen LogP contribution < -0.4 is 0 Å². The van der Waals surface area contributed by atoms with Gasteiger partial charge in [0.1, 0.15) is 0 Å². The Bertz CT molecular complexity index is 908. The molecule has 0 aliphatic carbocycles. The Kier molecular flexibility index (Phi) is 5.77. The Labute approximate surface area is 165 Å². The zero-order chi connectivity index (χ0) is 19.6. The molecule has 1 atom stereocenters. The van der Waals surface area contributed by atoms with Crippen LogP contribution in [0.4, 0.5) is 0 Å². The molecule has 1 aromatic carbocycles. The van der Waals surface area contributed by atoms with Gasteiger partial charge in [-0.25, -0.2) is 0 Å². The lowest BCUT2D eigenvalue weighted by Crippen LogP contribution is -2.51. The van der Waals surface area contributed by atoms with E-state index in [0.29, 0.717) is 57.5 Å². The van der Waals surface area contributed by atoms with Crippen LogP contribution >= 0.6 is 0 Å². The van der Waals surface area contributed by atoms with E-state index in [1.165, 1.54) is 4.31 Å². The molecule has 8 nitrogen and oxygen atoms in total. The number of aryl methyl sites for hydroxylation is 1. The van der Waals surface area contributed by atoms with Gasteiger partial charge in [0.25, 0.3) is 10.2 Å². The molecule has 28 heavy (non-hydrogen) atoms. The SMILES string of the molecule is Cc1ccccc1-c1noc(CC2CCCN(S(=O)(=O)N3CCOCC3)C2)n1. The van der Waals surface area contributed by atoms with Crippen LogP contribution in [0.15, 0.2) is 28.8 Å². The summed E-state index contributed by atoms with van der Waals surface area (Å²) in [5, 5.41) is 4.11. The highest BCUT2D eigenvalue weighted by Gasteiger charge is 2.35. The third-order valence-electron chi connectivity index (χ3n) is 5.42. The van der Waals surface area contributed by atoms with Crippen LogP contribution in [-0.2, 0) is 21.4 Å². The van der Waals surface area contributed by atoms with Crippen LogP contribution in [0.2, 0.25) is 0 Å². The summed E-state index contributed by atoms with van der Waals surface area (Å²) < 4.78 is 39.7. The van der Waals surface area contributed by atoms with Gasteiger partial charge in [0, 0.05) is 38.2 Å². The molecule has 0 N–H and O–H groups in total. The average molecular weight is 407 g/mol. The van der Waals surface area contributed by atoms with Crippen molar-refractivity contribution >= 4 is 10.2 Å². The van der Waals surface area contributed by atoms with Crippen molar-refractivity contribution in [2.45, 2.75) is 26.2 Å². The van der Waals surface area contributed by atoms with E-state index in [1.54, 1.807) is 4.31 Å². The summed E-state index contributed by atoms with van der Waals surface area (Å²) in [5.41, 5.74) is 2.05. The highest BCUT2D eigenvalue weighted by molar-refractivity contribution is 7.86. The lowest BCUT2D eigenvalue weighted by molar-refractivity contribution is 0.0690. The summed E-state index contributed by atoms with van der Waals surface area (Å²) in [4.78, 5) is 4.54. The molecule has 1 aromatic heterocycles. The minimum atomic E-state index is -3.43. The first-order valence-corrected chi connectivity index (χ1v) is 11.2. The predicted octanol–water partition coefficient (Wildman–Crippen LogP) is 1.88. The van der Waals surface area contributed by atoms with Crippen molar-refractivity contribution in [3.63, 3.8) is 0 Å². The quantitative estimate of drug-likeness (QED) is 0.753. The van der Waals surface area contributed by atoms with Crippen molar-refractivity contribution in [2.75, 3.05) is 39.4 Å². The number of aromatic nitrogens is 2. The summed E-state index contributed by atoms with van der Waals surface area (Å²) in [6, 6.07) is 7.92. The van der Waals surface area contributed by atoms with Crippen molar-refractivity contribution in [1.82, 2.24) is 18.8 Å². The van der Waals surface area contributed by atoms with Gasteiger partial charge >= 0.3 is 0 Å². The van der Waals surface area contributed by atoms with Crippen LogP contribution in [0.25, 0.3) is 11.4 Å². The molecule has 2 fully saturated rings. The van der Waals surface area contributed by atoms with Gasteiger partial charge in [-0.3, -0.25) is 0 Å². The third-order valence-corrected chi connectivity index (χ3v) is 7.42. The number of hydrogen-bond donors (Lipinski definition) is 0. The fraction of sp³-hybridized carbons (Fsp3) is 0.579. The minimum absolute atomic E-state index is 0.176. The standard InChI is InChI=1S/C19H26N4O4S/c1-15-5-2-3-7-17(15)19-20-18(27-21-19)13-16-6-4-8-23(14-16)28(24,25)22-9-11-26-12-10-22/h2-3,5,7,16H,4,6,8-14H2,1H3. The molecule has 3 heterocycles. The summed E-state index contributed by atoms with van der Waals surface area (Å²) >= 11 is 0. The number of benzene rings is 1. The van der Waals surface area contributed by atoms with Gasteiger partial charge in [-0.15, -0.1) is 0 Å². The Morgan fingerprint density at radius 1 is 1.14 bits per heavy atom. The highest BCUT2D eigenvalue weighted by atomic mass is 32.2. The Morgan fingerprint density at radius 3 is 2.71 bits per heavy atom. The minimum Gasteiger partial charge on any atom is -0.379 e. The molecule has 4 rings (SSSR count). The van der Waals surface area contributed by atoms with E-state index in [0.717, 1.165) is 24.0 Å². The van der Waals surface area contributed by atoms with Gasteiger partial charge in [0.15, 0.2) is 0 Å². The Balaban J connectivity index is 1.42. The van der Waals surface area contributed by atoms with Crippen LogP contribution in [-0.4, -0.2) is 66.6 Å². The molecule has 2 aromatic rings. The van der Waals surface area contributed by atoms with Crippen molar-refractivity contribution in [3.05, 3.63) is 35.7 Å². The smallest absolute Gasteiger partial charge is 0.282 e. The van der Waals surface area contributed by atoms with Crippen LogP contribution in [0.1, 0.15) is 24.3 Å². The molecule has 9 heteroatoms. The highest BCUT2D eigenvalue weighted by Crippen LogP contribution is 2.26. The second-order valence-electron chi connectivity index (χ2n) is 7.42. The molecule has 0 spiro atoms. The number of rotatable bonds is 5. The number of ether oxygens (including phenoxy) is 1. The van der Waals surface area contributed by atoms with Gasteiger partial charge in [-0.1, -0.05) is 29.4 Å². The van der Waals surface area contributed by atoms with E-state index in [4.69, 9.17) is 9.26 Å². The van der Waals surface area contributed by atoms with Crippen LogP contribution in [0.3, 0.4) is 0 Å². The van der Waals surface area contributed by atoms with Crippen molar-refractivity contribution in [2.24, 2.45) is 5.92 Å². The molecule has 0 bridgehead atoms. The maximum atomic E-state index is 12.9. The molecular formula is C19H26N4O4S. The number of nitrogens with zero attached hydrogens (tertiary/aromatic N) is 4. The molecule has 1 unspecified atom stereocenters. The maximum Gasteiger partial charge on any atom is 0.282 e. The van der Waals surface area contributed by atoms with E-state index in [2.05, 4.69) is 10.1 Å². The summed E-state index contributed by atoms with van der Waals surface area (Å²) in [5.74, 6) is 1.32. The Morgan fingerprint density at radius 2 is 1.93 bits per heavy atom. The number of piperidine rings is 1. The lowest BCUT2D eigenvalue weighted by Gasteiger charge is -2.36. The van der Waals surface area contributed by atoms with E-state index in [9.17, 15) is 8.42 Å². The van der Waals surface area contributed by atoms with E-state index < -0.39 is 10.2 Å². The van der Waals surface area contributed by atoms with Crippen molar-refractivity contribution in [1.29, 1.82) is 0 Å². The maximum absolute atomic E-state index is 12.9. The lowest BCUT2D eigenvalue weighted by atomic mass is 9.96. The monoisotopic (exact) mass is 406 g/mol. The largest absolute Gasteiger partial charge is 0.379 e.